The van der Waals surface area contributed by atoms with Crippen molar-refractivity contribution < 1.29 is 4.92 Å². The molecule has 0 aliphatic carbocycles. The lowest BCUT2D eigenvalue weighted by Crippen LogP contribution is -1.86. The fourth-order valence-electron chi connectivity index (χ4n) is 2.24. The molecule has 126 valence electrons. The van der Waals surface area contributed by atoms with Gasteiger partial charge in [-0.05, 0) is 60.7 Å². The van der Waals surface area contributed by atoms with E-state index in [4.69, 9.17) is 6.42 Å². The normalized spacial score (nSPS) is 9.15. The molecule has 3 nitrogen and oxygen atoms in total. The number of benzene rings is 3. The Hall–Kier alpha value is -4.26. The fourth-order valence-corrected chi connectivity index (χ4v) is 2.24. The molecule has 0 aliphatic heterocycles. The van der Waals surface area contributed by atoms with E-state index in [0.717, 1.165) is 27.8 Å². The summed E-state index contributed by atoms with van der Waals surface area (Å²) in [6.45, 7) is 0. The van der Waals surface area contributed by atoms with Crippen molar-refractivity contribution in [1.29, 1.82) is 0 Å². The van der Waals surface area contributed by atoms with Gasteiger partial charge in [0.05, 0.1) is 4.92 Å². The van der Waals surface area contributed by atoms with E-state index >= 15 is 0 Å². The van der Waals surface area contributed by atoms with E-state index in [1.165, 1.54) is 12.1 Å². The highest BCUT2D eigenvalue weighted by Crippen LogP contribution is 2.11. The number of terminal acetylenes is 1. The molecule has 0 atom stereocenters. The van der Waals surface area contributed by atoms with Gasteiger partial charge in [-0.15, -0.1) is 6.42 Å². The highest BCUT2D eigenvalue weighted by Gasteiger charge is 2.02. The summed E-state index contributed by atoms with van der Waals surface area (Å²) in [7, 11) is 0. The third kappa shape index (κ3) is 4.86. The smallest absolute Gasteiger partial charge is 0.258 e. The van der Waals surface area contributed by atoms with E-state index in [1.807, 2.05) is 48.5 Å². The Morgan fingerprint density at radius 3 is 1.19 bits per heavy atom. The highest BCUT2D eigenvalue weighted by molar-refractivity contribution is 5.49. The Morgan fingerprint density at radius 2 is 0.889 bits per heavy atom. The Balaban J connectivity index is 1.70. The average Bonchev–Trinajstić information content (AvgIpc) is 2.72. The van der Waals surface area contributed by atoms with Crippen molar-refractivity contribution in [3.63, 3.8) is 0 Å². The summed E-state index contributed by atoms with van der Waals surface area (Å²) >= 11 is 0. The van der Waals surface area contributed by atoms with Gasteiger partial charge in [-0.1, -0.05) is 29.6 Å². The molecule has 0 unspecified atom stereocenters. The Labute approximate surface area is 157 Å². The second kappa shape index (κ2) is 8.21. The van der Waals surface area contributed by atoms with Gasteiger partial charge in [0, 0.05) is 39.9 Å². The zero-order valence-corrected chi connectivity index (χ0v) is 14.3. The molecule has 0 aliphatic rings. The largest absolute Gasteiger partial charge is 0.269 e. The number of nitrogens with zero attached hydrogens (tertiary/aromatic N) is 1. The first-order valence-electron chi connectivity index (χ1n) is 8.09. The third-order valence-electron chi connectivity index (χ3n) is 3.72. The fraction of sp³-hybridized carbons (Fsp3) is 0. The van der Waals surface area contributed by atoms with E-state index in [0.29, 0.717) is 0 Å². The molecule has 0 aromatic heterocycles. The predicted octanol–water partition coefficient (Wildman–Crippen LogP) is 4.38. The molecular formula is C24H13NO2. The van der Waals surface area contributed by atoms with Gasteiger partial charge in [-0.3, -0.25) is 10.1 Å². The quantitative estimate of drug-likeness (QED) is 0.373. The summed E-state index contributed by atoms with van der Waals surface area (Å²) in [5, 5.41) is 10.6. The van der Waals surface area contributed by atoms with Gasteiger partial charge in [0.2, 0.25) is 0 Å². The summed E-state index contributed by atoms with van der Waals surface area (Å²) in [4.78, 5) is 10.2. The molecule has 0 N–H and O–H groups in total. The molecule has 3 heteroatoms. The first-order valence-corrected chi connectivity index (χ1v) is 8.09. The van der Waals surface area contributed by atoms with E-state index in [2.05, 4.69) is 29.6 Å². The van der Waals surface area contributed by atoms with Crippen molar-refractivity contribution in [3.05, 3.63) is 111 Å². The predicted molar refractivity (Wildman–Crippen MR) is 106 cm³/mol. The summed E-state index contributed by atoms with van der Waals surface area (Å²) in [6, 6.07) is 21.3. The van der Waals surface area contributed by atoms with Gasteiger partial charge in [-0.2, -0.15) is 0 Å². The maximum atomic E-state index is 10.6. The molecule has 0 saturated heterocycles. The number of non-ortho nitro benzene ring substituents is 1. The monoisotopic (exact) mass is 347 g/mol. The number of hydrogen-bond acceptors (Lipinski definition) is 2. The van der Waals surface area contributed by atoms with E-state index < -0.39 is 4.92 Å². The highest BCUT2D eigenvalue weighted by atomic mass is 16.6. The lowest BCUT2D eigenvalue weighted by molar-refractivity contribution is -0.384. The van der Waals surface area contributed by atoms with Crippen LogP contribution in [0, 0.1) is 46.1 Å². The standard InChI is InChI=1S/C24H13NO2/c1-2-19-3-5-20(6-4-19)7-8-21-9-11-22(12-10-21)13-14-23-15-17-24(18-16-23)25(26)27/h1,3-6,9-12,15-18H. The van der Waals surface area contributed by atoms with Crippen molar-refractivity contribution in [2.45, 2.75) is 0 Å². The SMILES string of the molecule is C#Cc1ccc(C#Cc2ccc(C#Cc3ccc([N+](=O)[O-])cc3)cc2)cc1. The first-order chi connectivity index (χ1) is 13.1. The second-order valence-electron chi connectivity index (χ2n) is 5.60. The summed E-state index contributed by atoms with van der Waals surface area (Å²) in [5.41, 5.74) is 4.24. The maximum Gasteiger partial charge on any atom is 0.269 e. The maximum absolute atomic E-state index is 10.6. The van der Waals surface area contributed by atoms with Crippen LogP contribution in [-0.2, 0) is 0 Å². The number of nitro groups is 1. The van der Waals surface area contributed by atoms with Gasteiger partial charge in [-0.25, -0.2) is 0 Å². The number of rotatable bonds is 1. The van der Waals surface area contributed by atoms with Crippen molar-refractivity contribution in [2.75, 3.05) is 0 Å². The summed E-state index contributed by atoms with van der Waals surface area (Å²) in [6.07, 6.45) is 5.34. The van der Waals surface area contributed by atoms with Crippen LogP contribution in [0.1, 0.15) is 27.8 Å². The minimum Gasteiger partial charge on any atom is -0.258 e. The van der Waals surface area contributed by atoms with Gasteiger partial charge in [0.25, 0.3) is 5.69 Å². The van der Waals surface area contributed by atoms with Crippen LogP contribution in [0.2, 0.25) is 0 Å². The zero-order chi connectivity index (χ0) is 19.1. The molecule has 27 heavy (non-hydrogen) atoms. The molecule has 0 amide bonds. The molecule has 0 bridgehead atoms. The molecule has 3 rings (SSSR count). The number of hydrogen-bond donors (Lipinski definition) is 0. The summed E-state index contributed by atoms with van der Waals surface area (Å²) < 4.78 is 0. The number of nitro benzene ring substituents is 1. The Kier molecular flexibility index (Phi) is 5.34. The molecular weight excluding hydrogens is 334 g/mol. The van der Waals surface area contributed by atoms with Crippen LogP contribution in [0.4, 0.5) is 5.69 Å². The van der Waals surface area contributed by atoms with Crippen LogP contribution >= 0.6 is 0 Å². The third-order valence-corrected chi connectivity index (χ3v) is 3.72. The molecule has 0 fully saturated rings. The lowest BCUT2D eigenvalue weighted by Gasteiger charge is -1.94. The van der Waals surface area contributed by atoms with Gasteiger partial charge in [0.1, 0.15) is 0 Å². The van der Waals surface area contributed by atoms with Gasteiger partial charge >= 0.3 is 0 Å². The van der Waals surface area contributed by atoms with Crippen LogP contribution in [0.3, 0.4) is 0 Å². The Bertz CT molecular complexity index is 1130. The zero-order valence-electron chi connectivity index (χ0n) is 14.3. The van der Waals surface area contributed by atoms with Crippen LogP contribution in [0.15, 0.2) is 72.8 Å². The van der Waals surface area contributed by atoms with Crippen molar-refractivity contribution in [2.24, 2.45) is 0 Å². The van der Waals surface area contributed by atoms with Crippen LogP contribution in [0.25, 0.3) is 0 Å². The second-order valence-corrected chi connectivity index (χ2v) is 5.60. The van der Waals surface area contributed by atoms with E-state index in [9.17, 15) is 10.1 Å². The van der Waals surface area contributed by atoms with Crippen LogP contribution in [0.5, 0.6) is 0 Å². The molecule has 0 saturated carbocycles. The van der Waals surface area contributed by atoms with E-state index in [1.54, 1.807) is 12.1 Å². The van der Waals surface area contributed by atoms with E-state index in [-0.39, 0.29) is 5.69 Å². The van der Waals surface area contributed by atoms with Gasteiger partial charge < -0.3 is 0 Å². The molecule has 3 aromatic carbocycles. The first kappa shape index (κ1) is 17.6. The molecule has 0 radical (unpaired) electrons. The van der Waals surface area contributed by atoms with Gasteiger partial charge in [0.15, 0.2) is 0 Å². The Morgan fingerprint density at radius 1 is 0.593 bits per heavy atom. The summed E-state index contributed by atoms with van der Waals surface area (Å²) in [5.74, 6) is 14.8. The van der Waals surface area contributed by atoms with Crippen molar-refractivity contribution in [1.82, 2.24) is 0 Å². The van der Waals surface area contributed by atoms with Crippen molar-refractivity contribution in [3.8, 4) is 36.0 Å². The average molecular weight is 347 g/mol. The molecule has 0 heterocycles. The molecule has 0 spiro atoms. The lowest BCUT2D eigenvalue weighted by atomic mass is 10.1. The minimum absolute atomic E-state index is 0.0532. The van der Waals surface area contributed by atoms with Crippen LogP contribution in [-0.4, -0.2) is 4.92 Å². The molecule has 3 aromatic rings. The minimum atomic E-state index is -0.430. The topological polar surface area (TPSA) is 43.1 Å². The van der Waals surface area contributed by atoms with Crippen LogP contribution < -0.4 is 0 Å². The van der Waals surface area contributed by atoms with Crippen molar-refractivity contribution >= 4 is 5.69 Å².